The summed E-state index contributed by atoms with van der Waals surface area (Å²) in [6.07, 6.45) is 4.69. The smallest absolute Gasteiger partial charge is 0.253 e. The lowest BCUT2D eigenvalue weighted by Gasteiger charge is -2.12. The predicted octanol–water partition coefficient (Wildman–Crippen LogP) is 3.15. The Kier molecular flexibility index (Phi) is 5.44. The number of amides is 1. The first-order chi connectivity index (χ1) is 10.2. The van der Waals surface area contributed by atoms with Gasteiger partial charge in [-0.05, 0) is 18.1 Å². The van der Waals surface area contributed by atoms with Gasteiger partial charge in [0.05, 0.1) is 5.56 Å². The number of anilines is 1. The molecule has 1 aromatic heterocycles. The van der Waals surface area contributed by atoms with Crippen molar-refractivity contribution in [2.45, 2.75) is 18.6 Å². The second-order valence-corrected chi connectivity index (χ2v) is 6.18. The first-order valence-corrected chi connectivity index (χ1v) is 8.32. The minimum absolute atomic E-state index is 0.0605. The number of hydrogen-bond acceptors (Lipinski definition) is 4. The Morgan fingerprint density at radius 3 is 2.71 bits per heavy atom. The number of fused-ring (bicyclic) bond motifs is 1. The number of aromatic nitrogens is 1. The number of carbonyl (C=O) groups excluding carboxylic acids is 1. The molecule has 0 bridgehead atoms. The summed E-state index contributed by atoms with van der Waals surface area (Å²) in [6.45, 7) is 2.85. The molecule has 2 N–H and O–H groups in total. The highest BCUT2D eigenvalue weighted by atomic mass is 32.2. The van der Waals surface area contributed by atoms with E-state index in [9.17, 15) is 4.79 Å². The number of hydrogen-bond donors (Lipinski definition) is 2. The third-order valence-corrected chi connectivity index (χ3v) is 4.56. The van der Waals surface area contributed by atoms with Crippen LogP contribution in [0.2, 0.25) is 0 Å². The standard InChI is InChI=1S/C16H21N3OS/c1-11(21-3)8-9-18-16(20)14-10-19-15(17-2)13-7-5-4-6-12(13)14/h4-7,10-11H,8-9H2,1-3H3,(H,17,19)(H,18,20). The molecule has 0 fully saturated rings. The van der Waals surface area contributed by atoms with Crippen LogP contribution in [0.15, 0.2) is 30.5 Å². The summed E-state index contributed by atoms with van der Waals surface area (Å²) in [4.78, 5) is 16.7. The van der Waals surface area contributed by atoms with Crippen LogP contribution in [-0.4, -0.2) is 36.0 Å². The molecule has 2 aromatic rings. The van der Waals surface area contributed by atoms with Crippen LogP contribution in [0.3, 0.4) is 0 Å². The maximum absolute atomic E-state index is 12.3. The van der Waals surface area contributed by atoms with Gasteiger partial charge in [-0.3, -0.25) is 4.79 Å². The van der Waals surface area contributed by atoms with Crippen LogP contribution in [0.4, 0.5) is 5.82 Å². The van der Waals surface area contributed by atoms with E-state index in [0.29, 0.717) is 17.4 Å². The maximum Gasteiger partial charge on any atom is 0.253 e. The predicted molar refractivity (Wildman–Crippen MR) is 91.2 cm³/mol. The van der Waals surface area contributed by atoms with Crippen molar-refractivity contribution in [1.29, 1.82) is 0 Å². The van der Waals surface area contributed by atoms with Gasteiger partial charge in [0.25, 0.3) is 5.91 Å². The monoisotopic (exact) mass is 303 g/mol. The summed E-state index contributed by atoms with van der Waals surface area (Å²) < 4.78 is 0. The molecule has 1 unspecified atom stereocenters. The molecule has 0 spiro atoms. The second-order valence-electron chi connectivity index (χ2n) is 4.91. The van der Waals surface area contributed by atoms with Gasteiger partial charge < -0.3 is 10.6 Å². The second kappa shape index (κ2) is 7.31. The van der Waals surface area contributed by atoms with Gasteiger partial charge in [-0.15, -0.1) is 0 Å². The van der Waals surface area contributed by atoms with Crippen molar-refractivity contribution < 1.29 is 4.79 Å². The third-order valence-electron chi connectivity index (χ3n) is 3.52. The normalized spacial score (nSPS) is 12.1. The molecule has 0 radical (unpaired) electrons. The number of benzene rings is 1. The summed E-state index contributed by atoms with van der Waals surface area (Å²) in [6, 6.07) is 7.82. The van der Waals surface area contributed by atoms with Crippen molar-refractivity contribution in [3.8, 4) is 0 Å². The van der Waals surface area contributed by atoms with Crippen molar-refractivity contribution in [2.24, 2.45) is 0 Å². The van der Waals surface area contributed by atoms with E-state index in [1.54, 1.807) is 6.20 Å². The minimum atomic E-state index is -0.0605. The quantitative estimate of drug-likeness (QED) is 0.861. The molecule has 0 aliphatic rings. The molecule has 21 heavy (non-hydrogen) atoms. The van der Waals surface area contributed by atoms with E-state index in [1.165, 1.54) is 0 Å². The number of nitrogens with zero attached hydrogens (tertiary/aromatic N) is 1. The first kappa shape index (κ1) is 15.6. The van der Waals surface area contributed by atoms with E-state index in [1.807, 2.05) is 43.1 Å². The summed E-state index contributed by atoms with van der Waals surface area (Å²) >= 11 is 1.81. The Bertz CT molecular complexity index is 630. The third kappa shape index (κ3) is 3.67. The van der Waals surface area contributed by atoms with E-state index < -0.39 is 0 Å². The molecule has 1 heterocycles. The van der Waals surface area contributed by atoms with Crippen molar-refractivity contribution in [3.63, 3.8) is 0 Å². The highest BCUT2D eigenvalue weighted by Gasteiger charge is 2.12. The SMILES string of the molecule is CNc1ncc(C(=O)NCCC(C)SC)c2ccccc12. The van der Waals surface area contributed by atoms with Crippen molar-refractivity contribution >= 4 is 34.3 Å². The topological polar surface area (TPSA) is 54.0 Å². The molecular formula is C16H21N3OS. The molecule has 0 aliphatic carbocycles. The van der Waals surface area contributed by atoms with E-state index in [2.05, 4.69) is 28.8 Å². The minimum Gasteiger partial charge on any atom is -0.373 e. The molecule has 112 valence electrons. The number of pyridine rings is 1. The Morgan fingerprint density at radius 1 is 1.33 bits per heavy atom. The van der Waals surface area contributed by atoms with E-state index in [4.69, 9.17) is 0 Å². The lowest BCUT2D eigenvalue weighted by molar-refractivity contribution is 0.0954. The number of nitrogens with one attached hydrogen (secondary N) is 2. The Labute approximate surface area is 129 Å². The van der Waals surface area contributed by atoms with Gasteiger partial charge >= 0.3 is 0 Å². The van der Waals surface area contributed by atoms with Crippen LogP contribution in [-0.2, 0) is 0 Å². The highest BCUT2D eigenvalue weighted by molar-refractivity contribution is 7.99. The van der Waals surface area contributed by atoms with Crippen molar-refractivity contribution in [2.75, 3.05) is 25.2 Å². The Morgan fingerprint density at radius 2 is 2.05 bits per heavy atom. The fraction of sp³-hybridized carbons (Fsp3) is 0.375. The molecule has 0 aliphatic heterocycles. The molecule has 0 saturated carbocycles. The van der Waals surface area contributed by atoms with Crippen molar-refractivity contribution in [3.05, 3.63) is 36.0 Å². The van der Waals surface area contributed by atoms with Gasteiger partial charge in [0, 0.05) is 30.4 Å². The molecule has 5 heteroatoms. The average Bonchev–Trinajstić information content (AvgIpc) is 2.53. The zero-order chi connectivity index (χ0) is 15.2. The van der Waals surface area contributed by atoms with Crippen LogP contribution in [0.25, 0.3) is 10.8 Å². The Balaban J connectivity index is 2.20. The largest absolute Gasteiger partial charge is 0.373 e. The van der Waals surface area contributed by atoms with E-state index in [-0.39, 0.29) is 5.91 Å². The summed E-state index contributed by atoms with van der Waals surface area (Å²) in [7, 11) is 1.83. The Hall–Kier alpha value is -1.75. The zero-order valence-corrected chi connectivity index (χ0v) is 13.5. The molecule has 0 saturated heterocycles. The van der Waals surface area contributed by atoms with Crippen molar-refractivity contribution in [1.82, 2.24) is 10.3 Å². The zero-order valence-electron chi connectivity index (χ0n) is 12.6. The lowest BCUT2D eigenvalue weighted by Crippen LogP contribution is -2.26. The average molecular weight is 303 g/mol. The molecule has 1 aromatic carbocycles. The van der Waals surface area contributed by atoms with E-state index in [0.717, 1.165) is 23.0 Å². The van der Waals surface area contributed by atoms with Crippen LogP contribution < -0.4 is 10.6 Å². The number of rotatable bonds is 6. The van der Waals surface area contributed by atoms with Gasteiger partial charge in [-0.25, -0.2) is 4.98 Å². The number of carbonyl (C=O) groups is 1. The van der Waals surface area contributed by atoms with Gasteiger partial charge in [0.15, 0.2) is 0 Å². The molecule has 1 amide bonds. The summed E-state index contributed by atoms with van der Waals surface area (Å²) in [5, 5.41) is 8.47. The summed E-state index contributed by atoms with van der Waals surface area (Å²) in [5.74, 6) is 0.729. The van der Waals surface area contributed by atoms with Crippen LogP contribution >= 0.6 is 11.8 Å². The van der Waals surface area contributed by atoms with Crippen LogP contribution in [0, 0.1) is 0 Å². The van der Waals surface area contributed by atoms with Crippen LogP contribution in [0.5, 0.6) is 0 Å². The lowest BCUT2D eigenvalue weighted by atomic mass is 10.1. The van der Waals surface area contributed by atoms with Crippen LogP contribution in [0.1, 0.15) is 23.7 Å². The van der Waals surface area contributed by atoms with Gasteiger partial charge in [0.2, 0.25) is 0 Å². The van der Waals surface area contributed by atoms with Gasteiger partial charge in [0.1, 0.15) is 5.82 Å². The molecule has 2 rings (SSSR count). The molecular weight excluding hydrogens is 282 g/mol. The fourth-order valence-electron chi connectivity index (χ4n) is 2.17. The first-order valence-electron chi connectivity index (χ1n) is 7.04. The highest BCUT2D eigenvalue weighted by Crippen LogP contribution is 2.24. The maximum atomic E-state index is 12.3. The van der Waals surface area contributed by atoms with E-state index >= 15 is 0 Å². The summed E-state index contributed by atoms with van der Waals surface area (Å²) in [5.41, 5.74) is 0.626. The van der Waals surface area contributed by atoms with Gasteiger partial charge in [-0.2, -0.15) is 11.8 Å². The molecule has 1 atom stereocenters. The van der Waals surface area contributed by atoms with Gasteiger partial charge in [-0.1, -0.05) is 31.2 Å². The number of thioether (sulfide) groups is 1. The molecule has 4 nitrogen and oxygen atoms in total. The fourth-order valence-corrected chi connectivity index (χ4v) is 2.53.